The van der Waals surface area contributed by atoms with Crippen molar-refractivity contribution >= 4 is 17.3 Å². The summed E-state index contributed by atoms with van der Waals surface area (Å²) in [5, 5.41) is 11.7. The van der Waals surface area contributed by atoms with E-state index in [9.17, 15) is 4.79 Å². The normalized spacial score (nSPS) is 13.4. The van der Waals surface area contributed by atoms with Gasteiger partial charge in [-0.3, -0.25) is 4.79 Å². The van der Waals surface area contributed by atoms with Crippen LogP contribution in [0.1, 0.15) is 18.4 Å². The molecule has 1 amide bonds. The van der Waals surface area contributed by atoms with E-state index < -0.39 is 0 Å². The Labute approximate surface area is 141 Å². The van der Waals surface area contributed by atoms with Gasteiger partial charge in [0, 0.05) is 24.5 Å². The third-order valence-electron chi connectivity index (χ3n) is 3.96. The molecule has 0 radical (unpaired) electrons. The lowest BCUT2D eigenvalue weighted by atomic mass is 10.2. The van der Waals surface area contributed by atoms with Crippen molar-refractivity contribution in [1.29, 1.82) is 5.26 Å². The predicted molar refractivity (Wildman–Crippen MR) is 93.2 cm³/mol. The minimum Gasteiger partial charge on any atom is -0.484 e. The van der Waals surface area contributed by atoms with E-state index in [0.717, 1.165) is 18.8 Å². The summed E-state index contributed by atoms with van der Waals surface area (Å²) >= 11 is 0. The van der Waals surface area contributed by atoms with Crippen LogP contribution in [0.5, 0.6) is 5.75 Å². The van der Waals surface area contributed by atoms with Crippen LogP contribution in [-0.2, 0) is 4.79 Å². The van der Waals surface area contributed by atoms with E-state index in [1.165, 1.54) is 18.5 Å². The van der Waals surface area contributed by atoms with Crippen molar-refractivity contribution in [2.45, 2.75) is 12.8 Å². The topological polar surface area (TPSA) is 65.4 Å². The standard InChI is InChI=1S/C19H19N3O2/c20-13-15-4-3-5-18(12-15)24-14-19(23)21-16-6-8-17(9-7-16)22-10-1-2-11-22/h3-9,12H,1-2,10-11,14H2,(H,21,23). The number of benzene rings is 2. The predicted octanol–water partition coefficient (Wildman–Crippen LogP) is 3.18. The number of ether oxygens (including phenoxy) is 1. The summed E-state index contributed by atoms with van der Waals surface area (Å²) < 4.78 is 5.42. The average Bonchev–Trinajstić information content (AvgIpc) is 3.15. The number of rotatable bonds is 5. The molecule has 0 saturated carbocycles. The molecular weight excluding hydrogens is 302 g/mol. The second kappa shape index (κ2) is 7.51. The lowest BCUT2D eigenvalue weighted by Crippen LogP contribution is -2.20. The van der Waals surface area contributed by atoms with Crippen LogP contribution < -0.4 is 15.0 Å². The number of carbonyl (C=O) groups excluding carboxylic acids is 1. The Morgan fingerprint density at radius 2 is 1.92 bits per heavy atom. The lowest BCUT2D eigenvalue weighted by Gasteiger charge is -2.17. The molecule has 1 saturated heterocycles. The van der Waals surface area contributed by atoms with Crippen molar-refractivity contribution in [3.05, 3.63) is 54.1 Å². The van der Waals surface area contributed by atoms with Gasteiger partial charge in [-0.25, -0.2) is 0 Å². The minimum absolute atomic E-state index is 0.0945. The number of anilines is 2. The molecule has 122 valence electrons. The number of hydrogen-bond acceptors (Lipinski definition) is 4. The van der Waals surface area contributed by atoms with Gasteiger partial charge in [-0.05, 0) is 55.3 Å². The third kappa shape index (κ3) is 4.05. The first kappa shape index (κ1) is 15.9. The van der Waals surface area contributed by atoms with Gasteiger partial charge in [0.15, 0.2) is 6.61 Å². The zero-order chi connectivity index (χ0) is 16.8. The van der Waals surface area contributed by atoms with E-state index in [2.05, 4.69) is 10.2 Å². The zero-order valence-corrected chi connectivity index (χ0v) is 13.4. The number of carbonyl (C=O) groups is 1. The van der Waals surface area contributed by atoms with Crippen molar-refractivity contribution in [3.63, 3.8) is 0 Å². The summed E-state index contributed by atoms with van der Waals surface area (Å²) in [7, 11) is 0. The van der Waals surface area contributed by atoms with Gasteiger partial charge in [0.25, 0.3) is 5.91 Å². The Morgan fingerprint density at radius 1 is 1.17 bits per heavy atom. The fraction of sp³-hybridized carbons (Fsp3) is 0.263. The molecule has 3 rings (SSSR count). The molecular formula is C19H19N3O2. The third-order valence-corrected chi connectivity index (χ3v) is 3.96. The molecule has 2 aromatic rings. The quantitative estimate of drug-likeness (QED) is 0.918. The summed E-state index contributed by atoms with van der Waals surface area (Å²) in [6, 6.07) is 16.6. The van der Waals surface area contributed by atoms with Gasteiger partial charge in [-0.1, -0.05) is 6.07 Å². The highest BCUT2D eigenvalue weighted by atomic mass is 16.5. The number of amides is 1. The Kier molecular flexibility index (Phi) is 4.97. The fourth-order valence-corrected chi connectivity index (χ4v) is 2.73. The number of nitrogens with one attached hydrogen (secondary N) is 1. The van der Waals surface area contributed by atoms with E-state index in [0.29, 0.717) is 11.3 Å². The Balaban J connectivity index is 1.52. The van der Waals surface area contributed by atoms with E-state index in [1.54, 1.807) is 24.3 Å². The monoisotopic (exact) mass is 321 g/mol. The van der Waals surface area contributed by atoms with Crippen LogP contribution >= 0.6 is 0 Å². The van der Waals surface area contributed by atoms with E-state index >= 15 is 0 Å². The van der Waals surface area contributed by atoms with Crippen molar-refractivity contribution in [2.75, 3.05) is 29.9 Å². The molecule has 0 unspecified atom stereocenters. The van der Waals surface area contributed by atoms with Crippen molar-refractivity contribution in [1.82, 2.24) is 0 Å². The molecule has 1 aliphatic heterocycles. The molecule has 0 aromatic heterocycles. The Hall–Kier alpha value is -3.00. The second-order valence-electron chi connectivity index (χ2n) is 5.72. The van der Waals surface area contributed by atoms with Crippen LogP contribution in [0.3, 0.4) is 0 Å². The molecule has 5 nitrogen and oxygen atoms in total. The average molecular weight is 321 g/mol. The van der Waals surface area contributed by atoms with Crippen molar-refractivity contribution in [2.24, 2.45) is 0 Å². The largest absolute Gasteiger partial charge is 0.484 e. The summed E-state index contributed by atoms with van der Waals surface area (Å²) in [5.41, 5.74) is 2.44. The Bertz CT molecular complexity index is 744. The maximum Gasteiger partial charge on any atom is 0.262 e. The van der Waals surface area contributed by atoms with Crippen LogP contribution in [0, 0.1) is 11.3 Å². The SMILES string of the molecule is N#Cc1cccc(OCC(=O)Nc2ccc(N3CCCC3)cc2)c1. The smallest absolute Gasteiger partial charge is 0.262 e. The molecule has 2 aromatic carbocycles. The Morgan fingerprint density at radius 3 is 2.62 bits per heavy atom. The van der Waals surface area contributed by atoms with Crippen molar-refractivity contribution < 1.29 is 9.53 Å². The first-order valence-electron chi connectivity index (χ1n) is 8.02. The van der Waals surface area contributed by atoms with Gasteiger partial charge in [0.05, 0.1) is 11.6 Å². The molecule has 0 bridgehead atoms. The number of nitrogens with zero attached hydrogens (tertiary/aromatic N) is 2. The van der Waals surface area contributed by atoms with Crippen LogP contribution in [0.25, 0.3) is 0 Å². The van der Waals surface area contributed by atoms with Crippen LogP contribution in [0.15, 0.2) is 48.5 Å². The first-order valence-corrected chi connectivity index (χ1v) is 8.02. The lowest BCUT2D eigenvalue weighted by molar-refractivity contribution is -0.118. The summed E-state index contributed by atoms with van der Waals surface area (Å²) in [4.78, 5) is 14.3. The second-order valence-corrected chi connectivity index (χ2v) is 5.72. The van der Waals surface area contributed by atoms with E-state index in [4.69, 9.17) is 10.00 Å². The molecule has 5 heteroatoms. The maximum atomic E-state index is 12.0. The summed E-state index contributed by atoms with van der Waals surface area (Å²) in [6.45, 7) is 2.10. The van der Waals surface area contributed by atoms with Gasteiger partial charge in [-0.15, -0.1) is 0 Å². The van der Waals surface area contributed by atoms with Crippen LogP contribution in [0.2, 0.25) is 0 Å². The minimum atomic E-state index is -0.230. The maximum absolute atomic E-state index is 12.0. The van der Waals surface area contributed by atoms with Gasteiger partial charge in [0.2, 0.25) is 0 Å². The van der Waals surface area contributed by atoms with Gasteiger partial charge < -0.3 is 15.0 Å². The molecule has 1 N–H and O–H groups in total. The zero-order valence-electron chi connectivity index (χ0n) is 13.4. The highest BCUT2D eigenvalue weighted by Crippen LogP contribution is 2.22. The van der Waals surface area contributed by atoms with Gasteiger partial charge in [-0.2, -0.15) is 5.26 Å². The molecule has 1 heterocycles. The summed E-state index contributed by atoms with van der Waals surface area (Å²) in [5.74, 6) is 0.278. The molecule has 1 fully saturated rings. The summed E-state index contributed by atoms with van der Waals surface area (Å²) in [6.07, 6.45) is 2.48. The molecule has 0 spiro atoms. The molecule has 0 atom stereocenters. The highest BCUT2D eigenvalue weighted by Gasteiger charge is 2.12. The van der Waals surface area contributed by atoms with Crippen LogP contribution in [-0.4, -0.2) is 25.6 Å². The van der Waals surface area contributed by atoms with Gasteiger partial charge >= 0.3 is 0 Å². The molecule has 24 heavy (non-hydrogen) atoms. The fourth-order valence-electron chi connectivity index (χ4n) is 2.73. The van der Waals surface area contributed by atoms with Crippen molar-refractivity contribution in [3.8, 4) is 11.8 Å². The highest BCUT2D eigenvalue weighted by molar-refractivity contribution is 5.92. The van der Waals surface area contributed by atoms with Crippen LogP contribution in [0.4, 0.5) is 11.4 Å². The first-order chi connectivity index (χ1) is 11.7. The van der Waals surface area contributed by atoms with E-state index in [-0.39, 0.29) is 12.5 Å². The number of hydrogen-bond donors (Lipinski definition) is 1. The van der Waals surface area contributed by atoms with Gasteiger partial charge in [0.1, 0.15) is 5.75 Å². The van der Waals surface area contributed by atoms with E-state index in [1.807, 2.05) is 30.3 Å². The number of nitriles is 1. The molecule has 1 aliphatic rings. The molecule has 0 aliphatic carbocycles.